The summed E-state index contributed by atoms with van der Waals surface area (Å²) in [5.74, 6) is -0.160. The second kappa shape index (κ2) is 9.16. The molecule has 1 heterocycles. The van der Waals surface area contributed by atoms with Crippen LogP contribution >= 0.6 is 11.8 Å². The highest BCUT2D eigenvalue weighted by atomic mass is 32.2. The molecule has 0 spiro atoms. The quantitative estimate of drug-likeness (QED) is 0.682. The second-order valence-corrected chi connectivity index (χ2v) is 9.49. The van der Waals surface area contributed by atoms with Gasteiger partial charge in [0, 0.05) is 26.8 Å². The Morgan fingerprint density at radius 2 is 1.88 bits per heavy atom. The van der Waals surface area contributed by atoms with Gasteiger partial charge in [0.15, 0.2) is 0 Å². The van der Waals surface area contributed by atoms with E-state index in [9.17, 15) is 18.0 Å². The highest BCUT2D eigenvalue weighted by Crippen LogP contribution is 2.22. The van der Waals surface area contributed by atoms with Crippen molar-refractivity contribution in [2.24, 2.45) is 5.92 Å². The molecule has 0 aliphatic rings. The zero-order chi connectivity index (χ0) is 19.2. The van der Waals surface area contributed by atoms with Gasteiger partial charge in [-0.05, 0) is 25.0 Å². The summed E-state index contributed by atoms with van der Waals surface area (Å²) in [5.41, 5.74) is 0. The molecule has 0 saturated heterocycles. The summed E-state index contributed by atoms with van der Waals surface area (Å²) in [5, 5.41) is 4.79. The summed E-state index contributed by atoms with van der Waals surface area (Å²) < 4.78 is 25.0. The SMILES string of the molecule is CC(C)CNC(=O)NC(=O)[C@H](C)Sc1ccc(S(=O)(=O)N(C)C)cn1. The molecule has 10 heteroatoms. The largest absolute Gasteiger partial charge is 0.338 e. The Morgan fingerprint density at radius 3 is 2.36 bits per heavy atom. The van der Waals surface area contributed by atoms with Crippen LogP contribution < -0.4 is 10.6 Å². The van der Waals surface area contributed by atoms with Gasteiger partial charge in [-0.1, -0.05) is 25.6 Å². The van der Waals surface area contributed by atoms with Gasteiger partial charge in [0.25, 0.3) is 0 Å². The van der Waals surface area contributed by atoms with Gasteiger partial charge in [-0.2, -0.15) is 0 Å². The van der Waals surface area contributed by atoms with E-state index >= 15 is 0 Å². The van der Waals surface area contributed by atoms with E-state index in [4.69, 9.17) is 0 Å². The van der Waals surface area contributed by atoms with Crippen molar-refractivity contribution in [2.45, 2.75) is 35.9 Å². The lowest BCUT2D eigenvalue weighted by molar-refractivity contribution is -0.119. The molecule has 0 saturated carbocycles. The maximum Gasteiger partial charge on any atom is 0.321 e. The predicted molar refractivity (Wildman–Crippen MR) is 96.8 cm³/mol. The number of hydrogen-bond acceptors (Lipinski definition) is 6. The third-order valence-electron chi connectivity index (χ3n) is 3.06. The number of nitrogens with one attached hydrogen (secondary N) is 2. The van der Waals surface area contributed by atoms with Crippen LogP contribution in [0, 0.1) is 5.92 Å². The van der Waals surface area contributed by atoms with Crippen molar-refractivity contribution < 1.29 is 18.0 Å². The zero-order valence-electron chi connectivity index (χ0n) is 14.9. The average Bonchev–Trinajstić information content (AvgIpc) is 2.53. The Labute approximate surface area is 152 Å². The third-order valence-corrected chi connectivity index (χ3v) is 5.91. The summed E-state index contributed by atoms with van der Waals surface area (Å²) in [6, 6.07) is 2.43. The molecular formula is C15H24N4O4S2. The Balaban J connectivity index is 2.64. The molecule has 1 aromatic heterocycles. The molecule has 3 amide bonds. The molecule has 0 aromatic carbocycles. The Bertz CT molecular complexity index is 703. The number of nitrogens with zero attached hydrogens (tertiary/aromatic N) is 2. The van der Waals surface area contributed by atoms with Crippen LogP contribution in [0.3, 0.4) is 0 Å². The Kier molecular flexibility index (Phi) is 7.84. The highest BCUT2D eigenvalue weighted by Gasteiger charge is 2.20. The molecule has 1 aromatic rings. The normalized spacial score (nSPS) is 12.9. The number of hydrogen-bond donors (Lipinski definition) is 2. The fraction of sp³-hybridized carbons (Fsp3) is 0.533. The smallest absolute Gasteiger partial charge is 0.321 e. The van der Waals surface area contributed by atoms with Crippen LogP contribution in [-0.4, -0.2) is 55.5 Å². The minimum atomic E-state index is -3.54. The van der Waals surface area contributed by atoms with Crippen LogP contribution in [0.5, 0.6) is 0 Å². The van der Waals surface area contributed by atoms with Crippen molar-refractivity contribution >= 4 is 33.7 Å². The van der Waals surface area contributed by atoms with E-state index in [1.807, 2.05) is 13.8 Å². The summed E-state index contributed by atoms with van der Waals surface area (Å²) >= 11 is 1.13. The summed E-state index contributed by atoms with van der Waals surface area (Å²) in [6.45, 7) is 6.02. The van der Waals surface area contributed by atoms with Gasteiger partial charge in [0.1, 0.15) is 4.90 Å². The van der Waals surface area contributed by atoms with Crippen molar-refractivity contribution in [2.75, 3.05) is 20.6 Å². The van der Waals surface area contributed by atoms with E-state index in [1.54, 1.807) is 6.92 Å². The Hall–Kier alpha value is -1.65. The molecule has 140 valence electrons. The number of pyridine rings is 1. The standard InChI is InChI=1S/C15H24N4O4S2/c1-10(2)8-17-15(21)18-14(20)11(3)24-13-7-6-12(9-16-13)25(22,23)19(4)5/h6-7,9-11H,8H2,1-5H3,(H2,17,18,20,21)/t11-/m0/s1. The van der Waals surface area contributed by atoms with Crippen molar-refractivity contribution in [1.29, 1.82) is 0 Å². The molecule has 0 aliphatic carbocycles. The molecule has 0 fully saturated rings. The molecule has 1 rings (SSSR count). The number of urea groups is 1. The topological polar surface area (TPSA) is 108 Å². The van der Waals surface area contributed by atoms with E-state index in [-0.39, 0.29) is 10.8 Å². The molecule has 2 N–H and O–H groups in total. The number of amides is 3. The number of carbonyl (C=O) groups excluding carboxylic acids is 2. The number of thioether (sulfide) groups is 1. The minimum Gasteiger partial charge on any atom is -0.338 e. The molecule has 0 bridgehead atoms. The lowest BCUT2D eigenvalue weighted by atomic mass is 10.2. The monoisotopic (exact) mass is 388 g/mol. The predicted octanol–water partition coefficient (Wildman–Crippen LogP) is 1.29. The maximum absolute atomic E-state index is 12.0. The molecule has 1 atom stereocenters. The van der Waals surface area contributed by atoms with Crippen LogP contribution in [0.4, 0.5) is 4.79 Å². The van der Waals surface area contributed by atoms with Crippen LogP contribution in [-0.2, 0) is 14.8 Å². The molecule has 0 unspecified atom stereocenters. The number of rotatable bonds is 7. The average molecular weight is 389 g/mol. The van der Waals surface area contributed by atoms with Gasteiger partial charge >= 0.3 is 6.03 Å². The minimum absolute atomic E-state index is 0.0759. The fourth-order valence-corrected chi connectivity index (χ4v) is 3.22. The number of aromatic nitrogens is 1. The Morgan fingerprint density at radius 1 is 1.24 bits per heavy atom. The van der Waals surface area contributed by atoms with Crippen LogP contribution in [0.15, 0.2) is 28.3 Å². The molecular weight excluding hydrogens is 364 g/mol. The first-order chi connectivity index (χ1) is 11.5. The van der Waals surface area contributed by atoms with Gasteiger partial charge in [-0.15, -0.1) is 0 Å². The van der Waals surface area contributed by atoms with Gasteiger partial charge in [0.2, 0.25) is 15.9 Å². The maximum atomic E-state index is 12.0. The van der Waals surface area contributed by atoms with Crippen molar-refractivity contribution in [3.05, 3.63) is 18.3 Å². The lowest BCUT2D eigenvalue weighted by Crippen LogP contribution is -2.43. The summed E-state index contributed by atoms with van der Waals surface area (Å²) in [6.07, 6.45) is 1.25. The molecule has 0 aliphatic heterocycles. The lowest BCUT2D eigenvalue weighted by Gasteiger charge is -2.13. The zero-order valence-corrected chi connectivity index (χ0v) is 16.6. The summed E-state index contributed by atoms with van der Waals surface area (Å²) in [7, 11) is -0.660. The first-order valence-electron chi connectivity index (χ1n) is 7.68. The number of imide groups is 1. The van der Waals surface area contributed by atoms with E-state index in [1.165, 1.54) is 32.4 Å². The van der Waals surface area contributed by atoms with E-state index in [0.717, 1.165) is 16.1 Å². The van der Waals surface area contributed by atoms with Gasteiger partial charge in [-0.25, -0.2) is 22.5 Å². The molecule has 25 heavy (non-hydrogen) atoms. The van der Waals surface area contributed by atoms with Crippen molar-refractivity contribution in [1.82, 2.24) is 19.9 Å². The molecule has 0 radical (unpaired) electrons. The number of sulfonamides is 1. The van der Waals surface area contributed by atoms with E-state index < -0.39 is 27.2 Å². The van der Waals surface area contributed by atoms with E-state index in [0.29, 0.717) is 11.6 Å². The summed E-state index contributed by atoms with van der Waals surface area (Å²) in [4.78, 5) is 27.7. The van der Waals surface area contributed by atoms with Gasteiger partial charge in [-0.3, -0.25) is 10.1 Å². The van der Waals surface area contributed by atoms with Crippen LogP contribution in [0.25, 0.3) is 0 Å². The van der Waals surface area contributed by atoms with Crippen molar-refractivity contribution in [3.8, 4) is 0 Å². The van der Waals surface area contributed by atoms with Gasteiger partial charge < -0.3 is 5.32 Å². The van der Waals surface area contributed by atoms with Crippen molar-refractivity contribution in [3.63, 3.8) is 0 Å². The number of carbonyl (C=O) groups is 2. The third kappa shape index (κ3) is 6.63. The first kappa shape index (κ1) is 21.4. The molecule has 8 nitrogen and oxygen atoms in total. The van der Waals surface area contributed by atoms with Crippen LogP contribution in [0.1, 0.15) is 20.8 Å². The fourth-order valence-electron chi connectivity index (χ4n) is 1.59. The highest BCUT2D eigenvalue weighted by molar-refractivity contribution is 8.00. The van der Waals surface area contributed by atoms with E-state index in [2.05, 4.69) is 15.6 Å². The first-order valence-corrected chi connectivity index (χ1v) is 10.00. The van der Waals surface area contributed by atoms with Crippen LogP contribution in [0.2, 0.25) is 0 Å². The second-order valence-electron chi connectivity index (χ2n) is 5.97. The van der Waals surface area contributed by atoms with Gasteiger partial charge in [0.05, 0.1) is 10.3 Å².